The van der Waals surface area contributed by atoms with E-state index in [2.05, 4.69) is 5.32 Å². The predicted molar refractivity (Wildman–Crippen MR) is 68.8 cm³/mol. The van der Waals surface area contributed by atoms with E-state index in [4.69, 9.17) is 4.74 Å². The van der Waals surface area contributed by atoms with Gasteiger partial charge in [-0.3, -0.25) is 4.79 Å². The molecule has 6 nitrogen and oxygen atoms in total. The monoisotopic (exact) mass is 270 g/mol. The summed E-state index contributed by atoms with van der Waals surface area (Å²) in [6.07, 6.45) is 2.24. The van der Waals surface area contributed by atoms with E-state index in [0.29, 0.717) is 26.2 Å². The highest BCUT2D eigenvalue weighted by atomic mass is 16.5. The first-order valence-corrected chi connectivity index (χ1v) is 6.80. The summed E-state index contributed by atoms with van der Waals surface area (Å²) in [5.41, 5.74) is -1.07. The number of carbonyl (C=O) groups is 2. The van der Waals surface area contributed by atoms with Crippen LogP contribution in [0.25, 0.3) is 0 Å². The third-order valence-electron chi connectivity index (χ3n) is 4.39. The third kappa shape index (κ3) is 2.47. The number of carbonyl (C=O) groups excluding carboxylic acids is 1. The highest BCUT2D eigenvalue weighted by Gasteiger charge is 2.47. The number of nitrogens with zero attached hydrogens (tertiary/aromatic N) is 1. The molecule has 0 bridgehead atoms. The van der Waals surface area contributed by atoms with Crippen molar-refractivity contribution in [1.82, 2.24) is 10.2 Å². The molecule has 0 spiro atoms. The molecule has 2 heterocycles. The zero-order valence-corrected chi connectivity index (χ0v) is 11.5. The molecule has 6 heteroatoms. The Bertz CT molecular complexity index is 374. The number of carboxylic acids is 1. The predicted octanol–water partition coefficient (Wildman–Crippen LogP) is 0.0766. The zero-order chi connectivity index (χ0) is 14.0. The van der Waals surface area contributed by atoms with E-state index >= 15 is 0 Å². The largest absolute Gasteiger partial charge is 0.480 e. The molecular formula is C13H22N2O4. The molecule has 3 atom stereocenters. The first-order valence-electron chi connectivity index (χ1n) is 6.80. The standard InChI is InChI=1S/C13H22N2O4/c1-13(12(17)18)5-3-4-6-15(13)11(16)9-7-19-8-10(9)14-2/h9-10,14H,3-8H2,1-2H3,(H,17,18). The Labute approximate surface area is 113 Å². The van der Waals surface area contributed by atoms with Gasteiger partial charge in [-0.25, -0.2) is 4.79 Å². The lowest BCUT2D eigenvalue weighted by molar-refractivity contribution is -0.163. The van der Waals surface area contributed by atoms with Crippen LogP contribution in [0.15, 0.2) is 0 Å². The van der Waals surface area contributed by atoms with Crippen molar-refractivity contribution in [2.75, 3.05) is 26.8 Å². The summed E-state index contributed by atoms with van der Waals surface area (Å²) >= 11 is 0. The molecule has 19 heavy (non-hydrogen) atoms. The van der Waals surface area contributed by atoms with E-state index in [-0.39, 0.29) is 17.9 Å². The van der Waals surface area contributed by atoms with Gasteiger partial charge in [-0.15, -0.1) is 0 Å². The van der Waals surface area contributed by atoms with Gasteiger partial charge in [0.2, 0.25) is 5.91 Å². The van der Waals surface area contributed by atoms with Crippen LogP contribution in [0.1, 0.15) is 26.2 Å². The van der Waals surface area contributed by atoms with Crippen molar-refractivity contribution < 1.29 is 19.4 Å². The Hall–Kier alpha value is -1.14. The molecule has 108 valence electrons. The van der Waals surface area contributed by atoms with E-state index in [0.717, 1.165) is 12.8 Å². The zero-order valence-electron chi connectivity index (χ0n) is 11.5. The molecule has 2 rings (SSSR count). The number of nitrogens with one attached hydrogen (secondary N) is 1. The van der Waals surface area contributed by atoms with Crippen molar-refractivity contribution in [3.05, 3.63) is 0 Å². The van der Waals surface area contributed by atoms with Crippen LogP contribution in [0.3, 0.4) is 0 Å². The normalized spacial score (nSPS) is 35.4. The topological polar surface area (TPSA) is 78.9 Å². The Balaban J connectivity index is 2.18. The van der Waals surface area contributed by atoms with Gasteiger partial charge in [-0.05, 0) is 33.2 Å². The molecule has 0 aromatic heterocycles. The molecule has 2 N–H and O–H groups in total. The quantitative estimate of drug-likeness (QED) is 0.759. The van der Waals surface area contributed by atoms with Crippen LogP contribution in [-0.2, 0) is 14.3 Å². The second kappa shape index (κ2) is 5.46. The summed E-state index contributed by atoms with van der Waals surface area (Å²) in [5, 5.41) is 12.5. The van der Waals surface area contributed by atoms with Gasteiger partial charge in [-0.1, -0.05) is 0 Å². The van der Waals surface area contributed by atoms with Crippen molar-refractivity contribution in [3.8, 4) is 0 Å². The summed E-state index contributed by atoms with van der Waals surface area (Å²) in [6.45, 7) is 3.05. The van der Waals surface area contributed by atoms with Crippen molar-refractivity contribution in [1.29, 1.82) is 0 Å². The minimum atomic E-state index is -1.07. The number of amides is 1. The molecule has 0 radical (unpaired) electrons. The first kappa shape index (κ1) is 14.3. The number of aliphatic carboxylic acids is 1. The number of carboxylic acid groups (broad SMARTS) is 1. The Morgan fingerprint density at radius 1 is 1.37 bits per heavy atom. The molecule has 2 aliphatic heterocycles. The minimum Gasteiger partial charge on any atom is -0.480 e. The number of hydrogen-bond acceptors (Lipinski definition) is 4. The fraction of sp³-hybridized carbons (Fsp3) is 0.846. The summed E-state index contributed by atoms with van der Waals surface area (Å²) in [6, 6.07) is -0.0209. The average Bonchev–Trinajstić information content (AvgIpc) is 2.86. The Morgan fingerprint density at radius 3 is 2.74 bits per heavy atom. The molecule has 2 saturated heterocycles. The third-order valence-corrected chi connectivity index (χ3v) is 4.39. The maximum Gasteiger partial charge on any atom is 0.329 e. The number of piperidine rings is 1. The van der Waals surface area contributed by atoms with Crippen LogP contribution in [0.4, 0.5) is 0 Å². The van der Waals surface area contributed by atoms with Crippen LogP contribution < -0.4 is 5.32 Å². The van der Waals surface area contributed by atoms with Gasteiger partial charge in [0.15, 0.2) is 0 Å². The van der Waals surface area contributed by atoms with E-state index < -0.39 is 11.5 Å². The SMILES string of the molecule is CNC1COCC1C(=O)N1CCCCC1(C)C(=O)O. The maximum atomic E-state index is 12.6. The number of hydrogen-bond donors (Lipinski definition) is 2. The fourth-order valence-electron chi connectivity index (χ4n) is 2.98. The second-order valence-corrected chi connectivity index (χ2v) is 5.57. The minimum absolute atomic E-state index is 0.0209. The molecule has 0 aromatic rings. The van der Waals surface area contributed by atoms with Crippen molar-refractivity contribution in [2.24, 2.45) is 5.92 Å². The lowest BCUT2D eigenvalue weighted by Crippen LogP contribution is -2.60. The number of ether oxygens (including phenoxy) is 1. The van der Waals surface area contributed by atoms with E-state index in [9.17, 15) is 14.7 Å². The summed E-state index contributed by atoms with van der Waals surface area (Å²) < 4.78 is 5.34. The van der Waals surface area contributed by atoms with Crippen LogP contribution in [0, 0.1) is 5.92 Å². The van der Waals surface area contributed by atoms with Crippen LogP contribution in [-0.4, -0.2) is 60.3 Å². The summed E-state index contributed by atoms with van der Waals surface area (Å²) in [5.74, 6) is -1.29. The van der Waals surface area contributed by atoms with Crippen molar-refractivity contribution in [3.63, 3.8) is 0 Å². The van der Waals surface area contributed by atoms with Crippen LogP contribution in [0.5, 0.6) is 0 Å². The molecule has 1 amide bonds. The second-order valence-electron chi connectivity index (χ2n) is 5.57. The van der Waals surface area contributed by atoms with E-state index in [1.165, 1.54) is 0 Å². The molecule has 0 saturated carbocycles. The van der Waals surface area contributed by atoms with Gasteiger partial charge >= 0.3 is 5.97 Å². The molecule has 3 unspecified atom stereocenters. The summed E-state index contributed by atoms with van der Waals surface area (Å²) in [7, 11) is 1.80. The van der Waals surface area contributed by atoms with Gasteiger partial charge < -0.3 is 20.1 Å². The van der Waals surface area contributed by atoms with Crippen molar-refractivity contribution in [2.45, 2.75) is 37.8 Å². The highest BCUT2D eigenvalue weighted by molar-refractivity contribution is 5.88. The van der Waals surface area contributed by atoms with E-state index in [1.54, 1.807) is 18.9 Å². The maximum absolute atomic E-state index is 12.6. The molecule has 2 fully saturated rings. The molecular weight excluding hydrogens is 248 g/mol. The van der Waals surface area contributed by atoms with E-state index in [1.807, 2.05) is 0 Å². The first-order chi connectivity index (χ1) is 9.00. The van der Waals surface area contributed by atoms with Crippen LogP contribution in [0.2, 0.25) is 0 Å². The van der Waals surface area contributed by atoms with Gasteiger partial charge in [0.1, 0.15) is 5.54 Å². The number of likely N-dealkylation sites (tertiary alicyclic amines) is 1. The van der Waals surface area contributed by atoms with Gasteiger partial charge in [0.05, 0.1) is 19.1 Å². The molecule has 0 aromatic carbocycles. The molecule has 2 aliphatic rings. The lowest BCUT2D eigenvalue weighted by atomic mass is 9.86. The average molecular weight is 270 g/mol. The number of likely N-dealkylation sites (N-methyl/N-ethyl adjacent to an activating group) is 1. The van der Waals surface area contributed by atoms with Crippen LogP contribution >= 0.6 is 0 Å². The van der Waals surface area contributed by atoms with Gasteiger partial charge in [-0.2, -0.15) is 0 Å². The molecule has 0 aliphatic carbocycles. The fourth-order valence-corrected chi connectivity index (χ4v) is 2.98. The number of rotatable bonds is 3. The lowest BCUT2D eigenvalue weighted by Gasteiger charge is -2.43. The Kier molecular flexibility index (Phi) is 4.10. The van der Waals surface area contributed by atoms with Gasteiger partial charge in [0, 0.05) is 12.6 Å². The van der Waals surface area contributed by atoms with Gasteiger partial charge in [0.25, 0.3) is 0 Å². The highest BCUT2D eigenvalue weighted by Crippen LogP contribution is 2.31. The van der Waals surface area contributed by atoms with Crippen molar-refractivity contribution >= 4 is 11.9 Å². The Morgan fingerprint density at radius 2 is 2.11 bits per heavy atom. The smallest absolute Gasteiger partial charge is 0.329 e. The summed E-state index contributed by atoms with van der Waals surface area (Å²) in [4.78, 5) is 25.7.